The summed E-state index contributed by atoms with van der Waals surface area (Å²) >= 11 is 0. The zero-order valence-corrected chi connectivity index (χ0v) is 14.8. The molecule has 4 nitrogen and oxygen atoms in total. The Balaban J connectivity index is 2.99. The number of aliphatic carboxylic acids is 1. The summed E-state index contributed by atoms with van der Waals surface area (Å²) in [5.41, 5.74) is 1.86. The van der Waals surface area contributed by atoms with E-state index < -0.39 is 5.97 Å². The minimum absolute atomic E-state index is 0.0135. The molecule has 1 aromatic rings. The Bertz CT molecular complexity index is 544. The van der Waals surface area contributed by atoms with Gasteiger partial charge in [-0.3, -0.25) is 4.79 Å². The van der Waals surface area contributed by atoms with Crippen molar-refractivity contribution in [2.75, 3.05) is 13.2 Å². The molecule has 4 heteroatoms. The number of ether oxygens (including phenoxy) is 2. The average Bonchev–Trinajstić information content (AvgIpc) is 2.48. The summed E-state index contributed by atoms with van der Waals surface area (Å²) in [5, 5.41) is 8.79. The number of hydrogen-bond acceptors (Lipinski definition) is 3. The smallest absolute Gasteiger partial charge is 0.307 e. The molecule has 0 fully saturated rings. The zero-order valence-electron chi connectivity index (χ0n) is 14.8. The third kappa shape index (κ3) is 7.22. The molecule has 128 valence electrons. The summed E-state index contributed by atoms with van der Waals surface area (Å²) in [6.45, 7) is 11.5. The van der Waals surface area contributed by atoms with Crippen molar-refractivity contribution in [2.24, 2.45) is 11.8 Å². The molecule has 0 saturated heterocycles. The van der Waals surface area contributed by atoms with Crippen LogP contribution in [0.4, 0.5) is 0 Å². The van der Waals surface area contributed by atoms with Crippen LogP contribution in [0.5, 0.6) is 11.5 Å². The summed E-state index contributed by atoms with van der Waals surface area (Å²) in [6, 6.07) is 5.75. The fourth-order valence-corrected chi connectivity index (χ4v) is 1.86. The third-order valence-electron chi connectivity index (χ3n) is 3.13. The highest BCUT2D eigenvalue weighted by Gasteiger charge is 2.10. The topological polar surface area (TPSA) is 55.8 Å². The number of carboxylic acids is 1. The SMILES string of the molecule is C/C(=C\CC(=O)O)c1ccc(OCC(C)C)c(OCC(C)C)c1. The van der Waals surface area contributed by atoms with Crippen LogP contribution in [0.2, 0.25) is 0 Å². The Morgan fingerprint density at radius 2 is 1.65 bits per heavy atom. The number of rotatable bonds is 9. The van der Waals surface area contributed by atoms with Crippen molar-refractivity contribution in [1.82, 2.24) is 0 Å². The van der Waals surface area contributed by atoms with Crippen LogP contribution in [0.25, 0.3) is 5.57 Å². The first kappa shape index (κ1) is 19.1. The highest BCUT2D eigenvalue weighted by Crippen LogP contribution is 2.31. The molecular formula is C19H28O4. The lowest BCUT2D eigenvalue weighted by atomic mass is 10.1. The predicted molar refractivity (Wildman–Crippen MR) is 93.0 cm³/mol. The molecule has 0 saturated carbocycles. The second kappa shape index (κ2) is 9.23. The minimum atomic E-state index is -0.836. The van der Waals surface area contributed by atoms with Crippen molar-refractivity contribution in [3.05, 3.63) is 29.8 Å². The number of allylic oxidation sites excluding steroid dienone is 1. The quantitative estimate of drug-likeness (QED) is 0.720. The van der Waals surface area contributed by atoms with Crippen molar-refractivity contribution in [3.8, 4) is 11.5 Å². The first-order valence-corrected chi connectivity index (χ1v) is 8.08. The van der Waals surface area contributed by atoms with Gasteiger partial charge in [0, 0.05) is 0 Å². The molecule has 0 bridgehead atoms. The maximum atomic E-state index is 10.7. The van der Waals surface area contributed by atoms with Crippen molar-refractivity contribution in [2.45, 2.75) is 41.0 Å². The number of carboxylic acid groups (broad SMARTS) is 1. The zero-order chi connectivity index (χ0) is 17.4. The minimum Gasteiger partial charge on any atom is -0.489 e. The van der Waals surface area contributed by atoms with Gasteiger partial charge < -0.3 is 14.6 Å². The fraction of sp³-hybridized carbons (Fsp3) is 0.526. The molecule has 0 aliphatic heterocycles. The monoisotopic (exact) mass is 320 g/mol. The van der Waals surface area contributed by atoms with Crippen LogP contribution in [0.3, 0.4) is 0 Å². The van der Waals surface area contributed by atoms with Crippen LogP contribution >= 0.6 is 0 Å². The average molecular weight is 320 g/mol. The molecule has 0 radical (unpaired) electrons. The van der Waals surface area contributed by atoms with Crippen molar-refractivity contribution >= 4 is 11.5 Å². The molecule has 23 heavy (non-hydrogen) atoms. The Hall–Kier alpha value is -1.97. The van der Waals surface area contributed by atoms with E-state index in [2.05, 4.69) is 27.7 Å². The predicted octanol–water partition coefficient (Wildman–Crippen LogP) is 4.63. The Morgan fingerprint density at radius 1 is 1.09 bits per heavy atom. The highest BCUT2D eigenvalue weighted by atomic mass is 16.5. The summed E-state index contributed by atoms with van der Waals surface area (Å²) in [7, 11) is 0. The maximum absolute atomic E-state index is 10.7. The molecule has 0 aromatic heterocycles. The van der Waals surface area contributed by atoms with Gasteiger partial charge in [-0.2, -0.15) is 0 Å². The van der Waals surface area contributed by atoms with E-state index in [-0.39, 0.29) is 6.42 Å². The van der Waals surface area contributed by atoms with Gasteiger partial charge in [-0.05, 0) is 42.0 Å². The molecule has 0 atom stereocenters. The van der Waals surface area contributed by atoms with Crippen LogP contribution in [0, 0.1) is 11.8 Å². The Kier molecular flexibility index (Phi) is 7.66. The van der Waals surface area contributed by atoms with E-state index in [4.69, 9.17) is 14.6 Å². The van der Waals surface area contributed by atoms with Gasteiger partial charge in [-0.25, -0.2) is 0 Å². The van der Waals surface area contributed by atoms with Gasteiger partial charge in [-0.15, -0.1) is 0 Å². The van der Waals surface area contributed by atoms with Crippen molar-refractivity contribution < 1.29 is 19.4 Å². The normalized spacial score (nSPS) is 11.9. The van der Waals surface area contributed by atoms with Gasteiger partial charge in [-0.1, -0.05) is 39.8 Å². The molecule has 0 amide bonds. The molecule has 0 spiro atoms. The van der Waals surface area contributed by atoms with E-state index in [1.165, 1.54) is 0 Å². The standard InChI is InChI=1S/C19H28O4/c1-13(2)11-22-17-8-7-16(15(5)6-9-19(20)21)10-18(17)23-12-14(3)4/h6-8,10,13-14H,9,11-12H2,1-5H3,(H,20,21)/b15-6+. The lowest BCUT2D eigenvalue weighted by Gasteiger charge is -2.16. The molecule has 1 aromatic carbocycles. The number of hydrogen-bond donors (Lipinski definition) is 1. The second-order valence-corrected chi connectivity index (χ2v) is 6.56. The first-order chi connectivity index (χ1) is 10.8. The van der Waals surface area contributed by atoms with Gasteiger partial charge in [0.2, 0.25) is 0 Å². The summed E-state index contributed by atoms with van der Waals surface area (Å²) in [5.74, 6) is 1.46. The lowest BCUT2D eigenvalue weighted by molar-refractivity contribution is -0.135. The molecule has 1 N–H and O–H groups in total. The van der Waals surface area contributed by atoms with E-state index >= 15 is 0 Å². The van der Waals surface area contributed by atoms with Gasteiger partial charge >= 0.3 is 5.97 Å². The van der Waals surface area contributed by atoms with Gasteiger partial charge in [0.05, 0.1) is 19.6 Å². The second-order valence-electron chi connectivity index (χ2n) is 6.56. The van der Waals surface area contributed by atoms with Crippen LogP contribution in [0.15, 0.2) is 24.3 Å². The van der Waals surface area contributed by atoms with Gasteiger partial charge in [0.25, 0.3) is 0 Å². The van der Waals surface area contributed by atoms with E-state index in [1.807, 2.05) is 25.1 Å². The number of carbonyl (C=O) groups is 1. The van der Waals surface area contributed by atoms with Crippen LogP contribution in [0.1, 0.15) is 46.6 Å². The van der Waals surface area contributed by atoms with E-state index in [0.29, 0.717) is 30.8 Å². The summed E-state index contributed by atoms with van der Waals surface area (Å²) in [6.07, 6.45) is 1.72. The van der Waals surface area contributed by atoms with E-state index in [9.17, 15) is 4.79 Å². The third-order valence-corrected chi connectivity index (χ3v) is 3.13. The largest absolute Gasteiger partial charge is 0.489 e. The Labute approximate surface area is 139 Å². The van der Waals surface area contributed by atoms with Crippen LogP contribution < -0.4 is 9.47 Å². The van der Waals surface area contributed by atoms with Gasteiger partial charge in [0.15, 0.2) is 11.5 Å². The summed E-state index contributed by atoms with van der Waals surface area (Å²) in [4.78, 5) is 10.7. The number of benzene rings is 1. The summed E-state index contributed by atoms with van der Waals surface area (Å²) < 4.78 is 11.7. The van der Waals surface area contributed by atoms with Gasteiger partial charge in [0.1, 0.15) is 0 Å². The molecule has 1 rings (SSSR count). The molecule has 0 unspecified atom stereocenters. The fourth-order valence-electron chi connectivity index (χ4n) is 1.86. The maximum Gasteiger partial charge on any atom is 0.307 e. The molecule has 0 aliphatic rings. The first-order valence-electron chi connectivity index (χ1n) is 8.08. The molecule has 0 heterocycles. The lowest BCUT2D eigenvalue weighted by Crippen LogP contribution is -2.09. The van der Waals surface area contributed by atoms with E-state index in [1.54, 1.807) is 6.08 Å². The van der Waals surface area contributed by atoms with Crippen LogP contribution in [-0.2, 0) is 4.79 Å². The van der Waals surface area contributed by atoms with E-state index in [0.717, 1.165) is 16.9 Å². The highest BCUT2D eigenvalue weighted by molar-refractivity contribution is 5.74. The molecule has 0 aliphatic carbocycles. The van der Waals surface area contributed by atoms with Crippen molar-refractivity contribution in [1.29, 1.82) is 0 Å². The molecular weight excluding hydrogens is 292 g/mol. The van der Waals surface area contributed by atoms with Crippen molar-refractivity contribution in [3.63, 3.8) is 0 Å². The Morgan fingerprint density at radius 3 is 2.17 bits per heavy atom. The van der Waals surface area contributed by atoms with Crippen LogP contribution in [-0.4, -0.2) is 24.3 Å².